The summed E-state index contributed by atoms with van der Waals surface area (Å²) in [6, 6.07) is 26.2. The summed E-state index contributed by atoms with van der Waals surface area (Å²) >= 11 is 1.74. The van der Waals surface area contributed by atoms with Gasteiger partial charge in [-0.15, -0.1) is 21.5 Å². The number of methoxy groups -OCH3 is 1. The fourth-order valence-electron chi connectivity index (χ4n) is 7.80. The van der Waals surface area contributed by atoms with Crippen LogP contribution in [0.3, 0.4) is 0 Å². The number of aryl methyl sites for hydroxylation is 4. The molecule has 14 heteroatoms. The first-order valence-corrected chi connectivity index (χ1v) is 21.9. The lowest BCUT2D eigenvalue weighted by Crippen LogP contribution is -2.25. The molecule has 3 N–H and O–H groups in total. The van der Waals surface area contributed by atoms with Crippen molar-refractivity contribution in [3.8, 4) is 22.2 Å². The van der Waals surface area contributed by atoms with Crippen LogP contribution in [-0.2, 0) is 21.2 Å². The van der Waals surface area contributed by atoms with Gasteiger partial charge >= 0.3 is 0 Å². The molecule has 4 heterocycles. The number of aromatic nitrogens is 4. The number of nitrogens with one attached hydrogen (secondary N) is 3. The van der Waals surface area contributed by atoms with Crippen molar-refractivity contribution in [2.75, 3.05) is 25.0 Å². The van der Waals surface area contributed by atoms with Crippen molar-refractivity contribution in [2.45, 2.75) is 58.4 Å². The summed E-state index contributed by atoms with van der Waals surface area (Å²) in [6.07, 6.45) is 2.77. The predicted molar refractivity (Wildman–Crippen MR) is 236 cm³/mol. The lowest BCUT2D eigenvalue weighted by atomic mass is 9.94. The maximum absolute atomic E-state index is 13.3. The molecule has 0 spiro atoms. The third-order valence-corrected chi connectivity index (χ3v) is 13.7. The molecule has 0 bridgehead atoms. The van der Waals surface area contributed by atoms with Gasteiger partial charge in [0, 0.05) is 59.8 Å². The molecule has 3 aromatic heterocycles. The quantitative estimate of drug-likeness (QED) is 0.111. The average molecular weight is 837 g/mol. The largest absolute Gasteiger partial charge is 0.385 e. The summed E-state index contributed by atoms with van der Waals surface area (Å²) in [7, 11) is -2.20. The van der Waals surface area contributed by atoms with Crippen LogP contribution < -0.4 is 10.0 Å². The van der Waals surface area contributed by atoms with Crippen molar-refractivity contribution in [1.82, 2.24) is 25.1 Å². The number of rotatable bonds is 12. The van der Waals surface area contributed by atoms with E-state index in [1.165, 1.54) is 10.4 Å². The number of ether oxygens (including phenoxy) is 1. The van der Waals surface area contributed by atoms with Crippen LogP contribution in [0.4, 0.5) is 5.69 Å². The molecule has 0 aliphatic carbocycles. The Hall–Kier alpha value is -6.40. The van der Waals surface area contributed by atoms with Crippen LogP contribution in [0, 0.1) is 45.9 Å². The molecule has 0 fully saturated rings. The number of nitriles is 1. The first-order chi connectivity index (χ1) is 28.9. The molecule has 0 saturated heterocycles. The Bertz CT molecular complexity index is 2970. The highest BCUT2D eigenvalue weighted by Gasteiger charge is 2.31. The molecular weight excluding hydrogens is 793 g/mol. The van der Waals surface area contributed by atoms with E-state index >= 15 is 0 Å². The van der Waals surface area contributed by atoms with E-state index in [1.807, 2.05) is 39.0 Å². The number of hydrogen-bond donors (Lipinski definition) is 3. The van der Waals surface area contributed by atoms with Gasteiger partial charge in [-0.2, -0.15) is 5.26 Å². The smallest absolute Gasteiger partial charge is 0.261 e. The average Bonchev–Trinajstić information content (AvgIpc) is 3.91. The van der Waals surface area contributed by atoms with Gasteiger partial charge in [-0.1, -0.05) is 48.5 Å². The zero-order valence-corrected chi connectivity index (χ0v) is 35.8. The zero-order valence-electron chi connectivity index (χ0n) is 34.2. The highest BCUT2D eigenvalue weighted by molar-refractivity contribution is 7.92. The number of sulfonamides is 1. The second-order valence-electron chi connectivity index (χ2n) is 15.0. The maximum atomic E-state index is 13.3. The summed E-state index contributed by atoms with van der Waals surface area (Å²) in [5.74, 6) is 1.47. The van der Waals surface area contributed by atoms with Crippen LogP contribution in [0.15, 0.2) is 94.9 Å². The topological polar surface area (TPSA) is 167 Å². The summed E-state index contributed by atoms with van der Waals surface area (Å²) in [4.78, 5) is 22.9. The van der Waals surface area contributed by atoms with Crippen LogP contribution in [-0.4, -0.2) is 60.0 Å². The highest BCUT2D eigenvalue weighted by atomic mass is 32.2. The van der Waals surface area contributed by atoms with Crippen LogP contribution in [0.2, 0.25) is 0 Å². The predicted octanol–water partition coefficient (Wildman–Crippen LogP) is 8.59. The molecule has 0 saturated carbocycles. The minimum Gasteiger partial charge on any atom is -0.385 e. The number of hydrogen-bond acceptors (Lipinski definition) is 9. The normalized spacial score (nSPS) is 13.6. The maximum Gasteiger partial charge on any atom is 0.261 e. The van der Waals surface area contributed by atoms with Crippen molar-refractivity contribution in [1.29, 1.82) is 5.26 Å². The fourth-order valence-corrected chi connectivity index (χ4v) is 10.1. The number of anilines is 1. The van der Waals surface area contributed by atoms with Crippen LogP contribution in [0.25, 0.3) is 27.0 Å². The third-order valence-electron chi connectivity index (χ3n) is 11.1. The third kappa shape index (κ3) is 7.51. The van der Waals surface area contributed by atoms with E-state index in [1.54, 1.807) is 61.0 Å². The molecule has 12 nitrogen and oxygen atoms in total. The molecule has 0 unspecified atom stereocenters. The van der Waals surface area contributed by atoms with E-state index in [2.05, 4.69) is 74.0 Å². The Kier molecular flexibility index (Phi) is 11.0. The number of H-pyrrole nitrogens is 1. The van der Waals surface area contributed by atoms with E-state index in [4.69, 9.17) is 9.73 Å². The number of carbonyl (C=O) groups excluding carboxylic acids is 1. The monoisotopic (exact) mass is 836 g/mol. The summed E-state index contributed by atoms with van der Waals surface area (Å²) in [5, 5.41) is 23.2. The molecule has 1 amide bonds. The van der Waals surface area contributed by atoms with Gasteiger partial charge in [-0.05, 0) is 105 Å². The highest BCUT2D eigenvalue weighted by Crippen LogP contribution is 2.40. The Balaban J connectivity index is 0.925. The number of nitrogens with zero attached hydrogens (tertiary/aromatic N) is 5. The summed E-state index contributed by atoms with van der Waals surface area (Å²) < 4.78 is 36.8. The Morgan fingerprint density at radius 3 is 2.42 bits per heavy atom. The molecule has 7 aromatic rings. The van der Waals surface area contributed by atoms with Crippen molar-refractivity contribution in [2.24, 2.45) is 4.99 Å². The van der Waals surface area contributed by atoms with E-state index in [0.717, 1.165) is 61.3 Å². The summed E-state index contributed by atoms with van der Waals surface area (Å²) in [6.45, 7) is 11.1. The molecular formula is C46H44N8O4S2. The van der Waals surface area contributed by atoms with E-state index in [-0.39, 0.29) is 16.8 Å². The van der Waals surface area contributed by atoms with Crippen LogP contribution in [0.5, 0.6) is 0 Å². The van der Waals surface area contributed by atoms with Gasteiger partial charge in [0.05, 0.1) is 27.4 Å². The number of aliphatic imine (C=N–C) groups is 1. The molecule has 8 rings (SSSR count). The minimum absolute atomic E-state index is 0.106. The van der Waals surface area contributed by atoms with Gasteiger partial charge in [-0.3, -0.25) is 19.1 Å². The molecule has 1 aliphatic heterocycles. The van der Waals surface area contributed by atoms with Crippen LogP contribution >= 0.6 is 11.3 Å². The number of fused-ring (bicyclic) bond motifs is 4. The lowest BCUT2D eigenvalue weighted by Gasteiger charge is -2.13. The molecule has 1 atom stereocenters. The molecule has 304 valence electrons. The SMILES string of the molecule is COCC[C@@H]1N=C(c2ccc(-c3ccc(C(=O)NCCc4ccc(S(=O)(=O)Nc5ccc(C)c6c(C#N)c[nH]c56)cc4)cc3C)cc2)c2c(sc(C)c2C)-n2c(C)nnc21. The van der Waals surface area contributed by atoms with Gasteiger partial charge in [-0.25, -0.2) is 8.42 Å². The molecule has 1 aliphatic rings. The second-order valence-corrected chi connectivity index (χ2v) is 17.9. The van der Waals surface area contributed by atoms with Crippen molar-refractivity contribution in [3.63, 3.8) is 0 Å². The van der Waals surface area contributed by atoms with Gasteiger partial charge < -0.3 is 15.0 Å². The van der Waals surface area contributed by atoms with E-state index in [9.17, 15) is 18.5 Å². The van der Waals surface area contributed by atoms with Gasteiger partial charge in [0.1, 0.15) is 22.9 Å². The van der Waals surface area contributed by atoms with E-state index < -0.39 is 10.0 Å². The molecule has 0 radical (unpaired) electrons. The molecule has 60 heavy (non-hydrogen) atoms. The number of aromatic amines is 1. The number of benzene rings is 4. The van der Waals surface area contributed by atoms with Gasteiger partial charge in [0.25, 0.3) is 15.9 Å². The van der Waals surface area contributed by atoms with Crippen molar-refractivity contribution >= 4 is 49.6 Å². The second kappa shape index (κ2) is 16.3. The Labute approximate surface area is 353 Å². The summed E-state index contributed by atoms with van der Waals surface area (Å²) in [5.41, 5.74) is 11.0. The van der Waals surface area contributed by atoms with Gasteiger partial charge in [0.15, 0.2) is 5.82 Å². The first-order valence-electron chi connectivity index (χ1n) is 19.6. The van der Waals surface area contributed by atoms with E-state index in [0.29, 0.717) is 53.7 Å². The first kappa shape index (κ1) is 40.4. The number of amides is 1. The number of thiophene rings is 1. The van der Waals surface area contributed by atoms with Crippen molar-refractivity contribution in [3.05, 3.63) is 146 Å². The lowest BCUT2D eigenvalue weighted by molar-refractivity contribution is 0.0954. The zero-order chi connectivity index (χ0) is 42.3. The standard InChI is InChI=1S/C46H44N8O4S2/c1-26-7-18-38(43-40(26)35(24-47)25-49-43)53-60(56,57)36-15-8-31(9-16-36)19-21-48-45(55)34-14-17-37(27(2)23-34)32-10-12-33(13-11-32)42-41-28(3)29(4)59-46(41)54-30(5)51-52-44(54)39(50-42)20-22-58-6/h7-18,23,25,39,49,53H,19-22H2,1-6H3,(H,48,55)/t39-/m0/s1. The minimum atomic E-state index is -3.90. The fraction of sp³-hybridized carbons (Fsp3) is 0.239. The van der Waals surface area contributed by atoms with Crippen molar-refractivity contribution < 1.29 is 17.9 Å². The van der Waals surface area contributed by atoms with Gasteiger partial charge in [0.2, 0.25) is 0 Å². The van der Waals surface area contributed by atoms with Crippen LogP contribution in [0.1, 0.15) is 78.3 Å². The Morgan fingerprint density at radius 2 is 1.70 bits per heavy atom. The Morgan fingerprint density at radius 1 is 0.950 bits per heavy atom. The number of carbonyl (C=O) groups is 1. The molecule has 4 aromatic carbocycles.